The fraction of sp³-hybridized carbons (Fsp3) is 0.600. The lowest BCUT2D eigenvalue weighted by Crippen LogP contribution is -2.46. The molecule has 0 aromatic carbocycles. The molecule has 2 rings (SSSR count). The van der Waals surface area contributed by atoms with Crippen molar-refractivity contribution in [2.75, 3.05) is 19.8 Å². The maximum atomic E-state index is 12.4. The highest BCUT2D eigenvalue weighted by atomic mass is 79.9. The molecule has 0 amide bonds. The van der Waals surface area contributed by atoms with E-state index in [1.54, 1.807) is 6.07 Å². The average molecular weight is 340 g/mol. The Morgan fingerprint density at radius 1 is 1.59 bits per heavy atom. The van der Waals surface area contributed by atoms with Crippen LogP contribution in [0.4, 0.5) is 0 Å². The zero-order chi connectivity index (χ0) is 12.6. The summed E-state index contributed by atoms with van der Waals surface area (Å²) in [6, 6.07) is 1.61. The number of aryl methyl sites for hydroxylation is 1. The minimum atomic E-state index is -3.37. The number of hydrogen-bond acceptors (Lipinski definition) is 4. The lowest BCUT2D eigenvalue weighted by Gasteiger charge is -2.31. The van der Waals surface area contributed by atoms with Gasteiger partial charge in [-0.2, -0.15) is 4.31 Å². The summed E-state index contributed by atoms with van der Waals surface area (Å²) in [4.78, 5) is 0. The van der Waals surface area contributed by atoms with E-state index >= 15 is 0 Å². The number of hydrogen-bond donors (Lipinski definition) is 0. The topological polar surface area (TPSA) is 46.6 Å². The van der Waals surface area contributed by atoms with Crippen molar-refractivity contribution in [1.82, 2.24) is 4.31 Å². The Labute approximate surface area is 114 Å². The van der Waals surface area contributed by atoms with Crippen LogP contribution in [0.2, 0.25) is 0 Å². The van der Waals surface area contributed by atoms with Gasteiger partial charge in [0, 0.05) is 12.6 Å². The zero-order valence-electron chi connectivity index (χ0n) is 9.64. The number of halogens is 1. The first-order chi connectivity index (χ1) is 7.93. The molecule has 1 fully saturated rings. The van der Waals surface area contributed by atoms with Crippen LogP contribution in [0.25, 0.3) is 0 Å². The van der Waals surface area contributed by atoms with Gasteiger partial charge in [0.1, 0.15) is 4.21 Å². The highest BCUT2D eigenvalue weighted by molar-refractivity contribution is 9.11. The normalized spacial score (nSPS) is 22.9. The molecule has 2 heterocycles. The molecule has 0 spiro atoms. The van der Waals surface area contributed by atoms with Gasteiger partial charge >= 0.3 is 0 Å². The molecule has 1 unspecified atom stereocenters. The van der Waals surface area contributed by atoms with Crippen LogP contribution >= 0.6 is 27.3 Å². The standard InChI is InChI=1S/C10H14BrNO3S2/c1-7-5-9(16-10(7)11)17(13,14)12-3-4-15-6-8(12)2/h5,8H,3-4,6H2,1-2H3. The van der Waals surface area contributed by atoms with Crippen molar-refractivity contribution >= 4 is 37.3 Å². The number of sulfonamides is 1. The monoisotopic (exact) mass is 339 g/mol. The Bertz CT molecular complexity index is 492. The summed E-state index contributed by atoms with van der Waals surface area (Å²) in [6.45, 7) is 5.12. The molecule has 1 saturated heterocycles. The summed E-state index contributed by atoms with van der Waals surface area (Å²) < 4.78 is 32.9. The van der Waals surface area contributed by atoms with Gasteiger partial charge in [0.2, 0.25) is 0 Å². The van der Waals surface area contributed by atoms with Gasteiger partial charge in [0.15, 0.2) is 0 Å². The lowest BCUT2D eigenvalue weighted by molar-refractivity contribution is 0.0393. The lowest BCUT2D eigenvalue weighted by atomic mass is 10.3. The first kappa shape index (κ1) is 13.5. The molecule has 1 aliphatic heterocycles. The molecule has 0 N–H and O–H groups in total. The predicted molar refractivity (Wildman–Crippen MR) is 70.9 cm³/mol. The summed E-state index contributed by atoms with van der Waals surface area (Å²) in [5.74, 6) is 0. The van der Waals surface area contributed by atoms with Crippen LogP contribution in [0.15, 0.2) is 14.1 Å². The maximum Gasteiger partial charge on any atom is 0.253 e. The Kier molecular flexibility index (Phi) is 3.94. The minimum absolute atomic E-state index is 0.102. The van der Waals surface area contributed by atoms with Crippen LogP contribution in [-0.2, 0) is 14.8 Å². The summed E-state index contributed by atoms with van der Waals surface area (Å²) in [7, 11) is -3.37. The van der Waals surface area contributed by atoms with Gasteiger partial charge in [0.05, 0.1) is 17.0 Å². The molecule has 96 valence electrons. The van der Waals surface area contributed by atoms with Crippen molar-refractivity contribution in [3.63, 3.8) is 0 Å². The number of rotatable bonds is 2. The van der Waals surface area contributed by atoms with E-state index in [-0.39, 0.29) is 6.04 Å². The summed E-state index contributed by atoms with van der Waals surface area (Å²) in [6.07, 6.45) is 0. The quantitative estimate of drug-likeness (QED) is 0.829. The van der Waals surface area contributed by atoms with Gasteiger partial charge in [-0.3, -0.25) is 0 Å². The summed E-state index contributed by atoms with van der Waals surface area (Å²) in [5, 5.41) is 0. The van der Waals surface area contributed by atoms with E-state index in [0.717, 1.165) is 9.35 Å². The Morgan fingerprint density at radius 2 is 2.29 bits per heavy atom. The van der Waals surface area contributed by atoms with Crippen molar-refractivity contribution in [3.05, 3.63) is 15.4 Å². The van der Waals surface area contributed by atoms with Gasteiger partial charge < -0.3 is 4.74 Å². The van der Waals surface area contributed by atoms with Gasteiger partial charge in [-0.1, -0.05) is 0 Å². The third-order valence-corrected chi connectivity index (χ3v) is 7.30. The Balaban J connectivity index is 2.35. The molecule has 1 aromatic heterocycles. The fourth-order valence-electron chi connectivity index (χ4n) is 1.74. The molecule has 0 radical (unpaired) electrons. The van der Waals surface area contributed by atoms with Crippen molar-refractivity contribution in [2.24, 2.45) is 0 Å². The van der Waals surface area contributed by atoms with Crippen LogP contribution in [-0.4, -0.2) is 38.5 Å². The van der Waals surface area contributed by atoms with Crippen LogP contribution in [0, 0.1) is 6.92 Å². The van der Waals surface area contributed by atoms with Crippen molar-refractivity contribution in [2.45, 2.75) is 24.1 Å². The smallest absolute Gasteiger partial charge is 0.253 e. The molecule has 17 heavy (non-hydrogen) atoms. The Hall–Kier alpha value is 0.0500. The first-order valence-electron chi connectivity index (χ1n) is 5.28. The van der Waals surface area contributed by atoms with Crippen LogP contribution in [0.3, 0.4) is 0 Å². The highest BCUT2D eigenvalue weighted by Gasteiger charge is 2.32. The first-order valence-corrected chi connectivity index (χ1v) is 8.33. The molecular formula is C10H14BrNO3S2. The van der Waals surface area contributed by atoms with Gasteiger partial charge in [-0.15, -0.1) is 11.3 Å². The second-order valence-electron chi connectivity index (χ2n) is 4.06. The van der Waals surface area contributed by atoms with E-state index in [9.17, 15) is 8.42 Å². The van der Waals surface area contributed by atoms with Gasteiger partial charge in [0.25, 0.3) is 10.0 Å². The molecular weight excluding hydrogens is 326 g/mol. The third-order valence-electron chi connectivity index (χ3n) is 2.70. The van der Waals surface area contributed by atoms with E-state index in [0.29, 0.717) is 24.0 Å². The van der Waals surface area contributed by atoms with E-state index in [2.05, 4.69) is 15.9 Å². The molecule has 0 aliphatic carbocycles. The van der Waals surface area contributed by atoms with E-state index in [4.69, 9.17) is 4.74 Å². The number of ether oxygens (including phenoxy) is 1. The van der Waals surface area contributed by atoms with Crippen LogP contribution < -0.4 is 0 Å². The van der Waals surface area contributed by atoms with Gasteiger partial charge in [-0.05, 0) is 41.4 Å². The molecule has 0 saturated carbocycles. The van der Waals surface area contributed by atoms with Crippen molar-refractivity contribution in [3.8, 4) is 0 Å². The number of nitrogens with zero attached hydrogens (tertiary/aromatic N) is 1. The fourth-order valence-corrected chi connectivity index (χ4v) is 5.70. The van der Waals surface area contributed by atoms with Crippen LogP contribution in [0.1, 0.15) is 12.5 Å². The third kappa shape index (κ3) is 2.58. The van der Waals surface area contributed by atoms with E-state index in [1.165, 1.54) is 15.6 Å². The van der Waals surface area contributed by atoms with Crippen molar-refractivity contribution in [1.29, 1.82) is 0 Å². The number of morpholine rings is 1. The average Bonchev–Trinajstić information content (AvgIpc) is 2.60. The molecule has 1 aliphatic rings. The second-order valence-corrected chi connectivity index (χ2v) is 8.55. The molecule has 7 heteroatoms. The predicted octanol–water partition coefficient (Wildman–Crippen LogP) is 2.23. The van der Waals surface area contributed by atoms with Crippen molar-refractivity contribution < 1.29 is 13.2 Å². The SMILES string of the molecule is Cc1cc(S(=O)(=O)N2CCOCC2C)sc1Br. The van der Waals surface area contributed by atoms with Crippen LogP contribution in [0.5, 0.6) is 0 Å². The van der Waals surface area contributed by atoms with Gasteiger partial charge in [-0.25, -0.2) is 8.42 Å². The Morgan fingerprint density at radius 3 is 2.82 bits per heavy atom. The molecule has 1 atom stereocenters. The second kappa shape index (κ2) is 4.97. The maximum absolute atomic E-state index is 12.4. The van der Waals surface area contributed by atoms with E-state index in [1.807, 2.05) is 13.8 Å². The molecule has 4 nitrogen and oxygen atoms in total. The minimum Gasteiger partial charge on any atom is -0.378 e. The zero-order valence-corrected chi connectivity index (χ0v) is 12.9. The summed E-state index contributed by atoms with van der Waals surface area (Å²) >= 11 is 4.62. The molecule has 0 bridgehead atoms. The highest BCUT2D eigenvalue weighted by Crippen LogP contribution is 2.33. The largest absolute Gasteiger partial charge is 0.378 e. The molecule has 1 aromatic rings. The number of thiophene rings is 1. The van der Waals surface area contributed by atoms with E-state index < -0.39 is 10.0 Å². The summed E-state index contributed by atoms with van der Waals surface area (Å²) in [5.41, 5.74) is 0.953.